The molecule has 1 heterocycles. The van der Waals surface area contributed by atoms with Crippen LogP contribution in [0.4, 0.5) is 24.0 Å². The van der Waals surface area contributed by atoms with Crippen LogP contribution >= 0.6 is 11.3 Å². The second kappa shape index (κ2) is 8.76. The third-order valence-electron chi connectivity index (χ3n) is 4.27. The number of aromatic hydroxyl groups is 1. The number of esters is 1. The average molecular weight is 450 g/mol. The molecule has 3 rings (SSSR count). The first-order valence-corrected chi connectivity index (χ1v) is 9.83. The summed E-state index contributed by atoms with van der Waals surface area (Å²) in [5, 5.41) is 11.4. The van der Waals surface area contributed by atoms with Crippen LogP contribution < -0.4 is 4.90 Å². The second-order valence-electron chi connectivity index (χ2n) is 6.60. The number of thiazole rings is 1. The number of aromatic nitrogens is 1. The topological polar surface area (TPSA) is 79.7 Å². The highest BCUT2D eigenvalue weighted by molar-refractivity contribution is 7.14. The average Bonchev–Trinajstić information content (AvgIpc) is 3.16. The highest BCUT2D eigenvalue weighted by atomic mass is 32.1. The van der Waals surface area contributed by atoms with Gasteiger partial charge in [-0.2, -0.15) is 13.2 Å². The molecule has 162 valence electrons. The lowest BCUT2D eigenvalue weighted by molar-refractivity contribution is -0.137. The van der Waals surface area contributed by atoms with Crippen LogP contribution in [-0.4, -0.2) is 22.0 Å². The lowest BCUT2D eigenvalue weighted by atomic mass is 10.1. The Labute approximate surface area is 179 Å². The predicted molar refractivity (Wildman–Crippen MR) is 108 cm³/mol. The number of phenolic OH excluding ortho intramolecular Hbond substituents is 1. The maximum atomic E-state index is 13.0. The van der Waals surface area contributed by atoms with Crippen molar-refractivity contribution in [1.82, 2.24) is 4.98 Å². The van der Waals surface area contributed by atoms with Crippen LogP contribution in [0.5, 0.6) is 5.75 Å². The van der Waals surface area contributed by atoms with Gasteiger partial charge in [-0.3, -0.25) is 9.69 Å². The first-order chi connectivity index (χ1) is 14.6. The van der Waals surface area contributed by atoms with Crippen LogP contribution in [0.25, 0.3) is 0 Å². The lowest BCUT2D eigenvalue weighted by Gasteiger charge is -2.19. The molecule has 1 amide bonds. The number of anilines is 2. The molecule has 0 radical (unpaired) electrons. The maximum Gasteiger partial charge on any atom is 0.416 e. The molecule has 0 bridgehead atoms. The van der Waals surface area contributed by atoms with Gasteiger partial charge < -0.3 is 9.84 Å². The van der Waals surface area contributed by atoms with Gasteiger partial charge in [0.05, 0.1) is 22.5 Å². The molecule has 0 saturated carbocycles. The summed E-state index contributed by atoms with van der Waals surface area (Å²) >= 11 is 1.03. The number of hydrogen-bond acceptors (Lipinski definition) is 6. The van der Waals surface area contributed by atoms with Crippen molar-refractivity contribution in [3.05, 3.63) is 70.2 Å². The van der Waals surface area contributed by atoms with E-state index < -0.39 is 23.6 Å². The molecule has 6 nitrogen and oxygen atoms in total. The molecule has 0 aliphatic carbocycles. The summed E-state index contributed by atoms with van der Waals surface area (Å²) in [5.41, 5.74) is 0.231. The molecule has 0 spiro atoms. The van der Waals surface area contributed by atoms with Gasteiger partial charge in [0.25, 0.3) is 0 Å². The molecular weight excluding hydrogens is 433 g/mol. The van der Waals surface area contributed by atoms with Gasteiger partial charge in [-0.05, 0) is 42.8 Å². The van der Waals surface area contributed by atoms with E-state index in [9.17, 15) is 27.9 Å². The first kappa shape index (κ1) is 22.3. The number of halogens is 3. The van der Waals surface area contributed by atoms with E-state index in [1.165, 1.54) is 31.2 Å². The Morgan fingerprint density at radius 3 is 2.58 bits per heavy atom. The van der Waals surface area contributed by atoms with Gasteiger partial charge in [0.2, 0.25) is 5.91 Å². The molecule has 0 atom stereocenters. The summed E-state index contributed by atoms with van der Waals surface area (Å²) in [4.78, 5) is 29.6. The van der Waals surface area contributed by atoms with E-state index in [4.69, 9.17) is 4.74 Å². The van der Waals surface area contributed by atoms with E-state index in [0.717, 1.165) is 28.4 Å². The monoisotopic (exact) mass is 450 g/mol. The summed E-state index contributed by atoms with van der Waals surface area (Å²) in [6.07, 6.45) is -4.55. The van der Waals surface area contributed by atoms with Crippen molar-refractivity contribution in [3.8, 4) is 5.75 Å². The minimum Gasteiger partial charge on any atom is -0.508 e. The van der Waals surface area contributed by atoms with Gasteiger partial charge in [0.15, 0.2) is 5.13 Å². The van der Waals surface area contributed by atoms with Crippen molar-refractivity contribution in [2.75, 3.05) is 4.90 Å². The zero-order valence-electron chi connectivity index (χ0n) is 16.4. The predicted octanol–water partition coefficient (Wildman–Crippen LogP) is 5.22. The lowest BCUT2D eigenvalue weighted by Crippen LogP contribution is -2.23. The summed E-state index contributed by atoms with van der Waals surface area (Å²) in [6, 6.07) is 8.74. The van der Waals surface area contributed by atoms with E-state index in [0.29, 0.717) is 11.3 Å². The van der Waals surface area contributed by atoms with Crippen LogP contribution in [0, 0.1) is 6.92 Å². The van der Waals surface area contributed by atoms with Crippen molar-refractivity contribution in [1.29, 1.82) is 0 Å². The third-order valence-corrected chi connectivity index (χ3v) is 5.15. The zero-order chi connectivity index (χ0) is 22.8. The molecule has 31 heavy (non-hydrogen) atoms. The molecule has 2 aromatic carbocycles. The van der Waals surface area contributed by atoms with Gasteiger partial charge in [-0.15, -0.1) is 11.3 Å². The minimum atomic E-state index is -4.55. The van der Waals surface area contributed by atoms with Crippen molar-refractivity contribution in [3.63, 3.8) is 0 Å². The van der Waals surface area contributed by atoms with Crippen LogP contribution in [0.1, 0.15) is 34.1 Å². The van der Waals surface area contributed by atoms with E-state index in [1.807, 2.05) is 0 Å². The van der Waals surface area contributed by atoms with Crippen molar-refractivity contribution in [2.24, 2.45) is 0 Å². The maximum absolute atomic E-state index is 13.0. The molecule has 0 unspecified atom stereocenters. The van der Waals surface area contributed by atoms with Crippen LogP contribution in [0.15, 0.2) is 47.8 Å². The normalized spacial score (nSPS) is 11.3. The Hall–Kier alpha value is -3.40. The zero-order valence-corrected chi connectivity index (χ0v) is 17.3. The van der Waals surface area contributed by atoms with Crippen LogP contribution in [-0.2, 0) is 22.3 Å². The van der Waals surface area contributed by atoms with Gasteiger partial charge in [-0.25, -0.2) is 9.78 Å². The molecular formula is C21H17F3N2O4S. The SMILES string of the molecule is CC(=O)N(c1cccc(C(F)(F)F)c1)c1nc(COC(=O)c2ccc(C)c(O)c2)cs1. The number of alkyl halides is 3. The number of hydrogen-bond donors (Lipinski definition) is 1. The number of carbonyl (C=O) groups excluding carboxylic acids is 2. The van der Waals surface area contributed by atoms with E-state index in [1.54, 1.807) is 18.4 Å². The number of rotatable bonds is 5. The molecule has 0 aliphatic rings. The first-order valence-electron chi connectivity index (χ1n) is 8.95. The number of nitrogens with zero attached hydrogens (tertiary/aromatic N) is 2. The molecule has 1 N–H and O–H groups in total. The van der Waals surface area contributed by atoms with Crippen LogP contribution in [0.3, 0.4) is 0 Å². The molecule has 1 aromatic heterocycles. The Kier molecular flexibility index (Phi) is 6.30. The van der Waals surface area contributed by atoms with Crippen molar-refractivity contribution in [2.45, 2.75) is 26.6 Å². The summed E-state index contributed by atoms with van der Waals surface area (Å²) < 4.78 is 44.2. The van der Waals surface area contributed by atoms with E-state index in [2.05, 4.69) is 4.98 Å². The Balaban J connectivity index is 1.77. The molecule has 10 heteroatoms. The summed E-state index contributed by atoms with van der Waals surface area (Å²) in [7, 11) is 0. The van der Waals surface area contributed by atoms with Gasteiger partial charge in [0, 0.05) is 12.3 Å². The fraction of sp³-hybridized carbons (Fsp3) is 0.190. The highest BCUT2D eigenvalue weighted by Gasteiger charge is 2.31. The fourth-order valence-electron chi connectivity index (χ4n) is 2.67. The molecule has 0 saturated heterocycles. The van der Waals surface area contributed by atoms with E-state index >= 15 is 0 Å². The number of benzene rings is 2. The summed E-state index contributed by atoms with van der Waals surface area (Å²) in [6.45, 7) is 2.69. The molecule has 0 aliphatic heterocycles. The number of phenols is 1. The van der Waals surface area contributed by atoms with Gasteiger partial charge in [-0.1, -0.05) is 12.1 Å². The summed E-state index contributed by atoms with van der Waals surface area (Å²) in [5.74, 6) is -1.23. The van der Waals surface area contributed by atoms with Crippen LogP contribution in [0.2, 0.25) is 0 Å². The quantitative estimate of drug-likeness (QED) is 0.540. The highest BCUT2D eigenvalue weighted by Crippen LogP contribution is 2.35. The fourth-order valence-corrected chi connectivity index (χ4v) is 3.54. The minimum absolute atomic E-state index is 0.0235. The Bertz CT molecular complexity index is 1130. The largest absolute Gasteiger partial charge is 0.508 e. The standard InChI is InChI=1S/C21H17F3N2O4S/c1-12-6-7-14(8-18(12)28)19(29)30-10-16-11-31-20(25-16)26(13(2)27)17-5-3-4-15(9-17)21(22,23)24/h3-9,11,28H,10H2,1-2H3. The van der Waals surface area contributed by atoms with Gasteiger partial charge in [0.1, 0.15) is 12.4 Å². The number of carbonyl (C=O) groups is 2. The number of ether oxygens (including phenoxy) is 1. The van der Waals surface area contributed by atoms with Crippen molar-refractivity contribution >= 4 is 34.0 Å². The third kappa shape index (κ3) is 5.21. The molecule has 0 fully saturated rings. The smallest absolute Gasteiger partial charge is 0.416 e. The molecule has 3 aromatic rings. The van der Waals surface area contributed by atoms with Crippen molar-refractivity contribution < 1.29 is 32.6 Å². The van der Waals surface area contributed by atoms with E-state index in [-0.39, 0.29) is 28.7 Å². The number of amides is 1. The van der Waals surface area contributed by atoms with Gasteiger partial charge >= 0.3 is 12.1 Å². The Morgan fingerprint density at radius 1 is 1.19 bits per heavy atom. The second-order valence-corrected chi connectivity index (χ2v) is 7.44. The number of aryl methyl sites for hydroxylation is 1. The Morgan fingerprint density at radius 2 is 1.94 bits per heavy atom.